The zero-order chi connectivity index (χ0) is 20.7. The van der Waals surface area contributed by atoms with Crippen LogP contribution in [-0.4, -0.2) is 36.2 Å². The first kappa shape index (κ1) is 20.9. The van der Waals surface area contributed by atoms with Gasteiger partial charge in [-0.1, -0.05) is 30.8 Å². The van der Waals surface area contributed by atoms with Crippen LogP contribution in [0.1, 0.15) is 16.7 Å². The third-order valence-electron chi connectivity index (χ3n) is 4.42. The third kappa shape index (κ3) is 5.81. The van der Waals surface area contributed by atoms with E-state index in [1.807, 2.05) is 32.0 Å². The van der Waals surface area contributed by atoms with Crippen LogP contribution in [-0.2, 0) is 20.8 Å². The molecule has 0 saturated carbocycles. The van der Waals surface area contributed by atoms with Gasteiger partial charge in [0, 0.05) is 18.4 Å². The summed E-state index contributed by atoms with van der Waals surface area (Å²) in [5, 5.41) is 5.51. The van der Waals surface area contributed by atoms with Gasteiger partial charge in [-0.3, -0.25) is 14.4 Å². The van der Waals surface area contributed by atoms with Gasteiger partial charge < -0.3 is 15.5 Å². The Hall–Kier alpha value is -3.41. The van der Waals surface area contributed by atoms with Gasteiger partial charge in [-0.05, 0) is 54.8 Å². The summed E-state index contributed by atoms with van der Waals surface area (Å²) in [6.07, 6.45) is 1.31. The number of likely N-dealkylation sites (N-methyl/N-ethyl adjacent to an activating group) is 1. The fraction of sp³-hybridized carbons (Fsp3) is 0.227. The number of carbonyl (C=O) groups excluding carboxylic acids is 3. The second-order valence-electron chi connectivity index (χ2n) is 6.62. The summed E-state index contributed by atoms with van der Waals surface area (Å²) in [5.41, 5.74) is 4.17. The summed E-state index contributed by atoms with van der Waals surface area (Å²) in [5.74, 6) is -0.761. The molecule has 0 unspecified atom stereocenters. The SMILES string of the molecule is C=CC(=O)Nc1cccc(CC(=O)N(C)CC(=O)Nc2cccc(C)c2C)c1. The van der Waals surface area contributed by atoms with Crippen molar-refractivity contribution in [2.75, 3.05) is 24.2 Å². The molecule has 28 heavy (non-hydrogen) atoms. The van der Waals surface area contributed by atoms with E-state index < -0.39 is 0 Å². The van der Waals surface area contributed by atoms with Crippen molar-refractivity contribution in [1.82, 2.24) is 4.90 Å². The molecule has 0 aliphatic heterocycles. The minimum Gasteiger partial charge on any atom is -0.336 e. The number of amides is 3. The van der Waals surface area contributed by atoms with Crippen LogP contribution in [0.3, 0.4) is 0 Å². The molecule has 0 saturated heterocycles. The first-order valence-electron chi connectivity index (χ1n) is 8.92. The van der Waals surface area contributed by atoms with Crippen molar-refractivity contribution in [3.63, 3.8) is 0 Å². The molecule has 0 aliphatic rings. The van der Waals surface area contributed by atoms with E-state index in [1.165, 1.54) is 11.0 Å². The van der Waals surface area contributed by atoms with Gasteiger partial charge in [0.25, 0.3) is 0 Å². The Morgan fingerprint density at radius 1 is 1.07 bits per heavy atom. The van der Waals surface area contributed by atoms with Crippen molar-refractivity contribution in [3.05, 3.63) is 71.8 Å². The summed E-state index contributed by atoms with van der Waals surface area (Å²) in [6.45, 7) is 7.29. The number of rotatable bonds is 7. The molecule has 2 aromatic carbocycles. The Kier molecular flexibility index (Phi) is 7.09. The minimum atomic E-state index is -0.316. The average Bonchev–Trinajstić information content (AvgIpc) is 2.65. The number of hydrogen-bond acceptors (Lipinski definition) is 3. The first-order valence-corrected chi connectivity index (χ1v) is 8.92. The van der Waals surface area contributed by atoms with Gasteiger partial charge in [-0.2, -0.15) is 0 Å². The molecule has 0 radical (unpaired) electrons. The van der Waals surface area contributed by atoms with Gasteiger partial charge in [0.1, 0.15) is 0 Å². The van der Waals surface area contributed by atoms with E-state index in [4.69, 9.17) is 0 Å². The van der Waals surface area contributed by atoms with Crippen LogP contribution in [0.4, 0.5) is 11.4 Å². The molecule has 0 spiro atoms. The van der Waals surface area contributed by atoms with Crippen molar-refractivity contribution in [2.24, 2.45) is 0 Å². The lowest BCUT2D eigenvalue weighted by atomic mass is 10.1. The van der Waals surface area contributed by atoms with Gasteiger partial charge in [-0.25, -0.2) is 0 Å². The van der Waals surface area contributed by atoms with Crippen molar-refractivity contribution in [2.45, 2.75) is 20.3 Å². The second kappa shape index (κ2) is 9.50. The normalized spacial score (nSPS) is 10.1. The molecule has 2 rings (SSSR count). The van der Waals surface area contributed by atoms with Crippen molar-refractivity contribution in [3.8, 4) is 0 Å². The molecular formula is C22H25N3O3. The number of carbonyl (C=O) groups is 3. The average molecular weight is 379 g/mol. The highest BCUT2D eigenvalue weighted by Gasteiger charge is 2.15. The summed E-state index contributed by atoms with van der Waals surface area (Å²) in [7, 11) is 1.59. The van der Waals surface area contributed by atoms with Crippen molar-refractivity contribution < 1.29 is 14.4 Å². The van der Waals surface area contributed by atoms with E-state index in [1.54, 1.807) is 31.3 Å². The third-order valence-corrected chi connectivity index (χ3v) is 4.42. The van der Waals surface area contributed by atoms with E-state index in [9.17, 15) is 14.4 Å². The Morgan fingerprint density at radius 3 is 2.50 bits per heavy atom. The van der Waals surface area contributed by atoms with Crippen molar-refractivity contribution >= 4 is 29.1 Å². The lowest BCUT2D eigenvalue weighted by Crippen LogP contribution is -2.36. The molecule has 0 atom stereocenters. The van der Waals surface area contributed by atoms with E-state index in [2.05, 4.69) is 17.2 Å². The topological polar surface area (TPSA) is 78.5 Å². The van der Waals surface area contributed by atoms with Crippen LogP contribution in [0, 0.1) is 13.8 Å². The van der Waals surface area contributed by atoms with E-state index >= 15 is 0 Å². The highest BCUT2D eigenvalue weighted by atomic mass is 16.2. The summed E-state index contributed by atoms with van der Waals surface area (Å²) < 4.78 is 0. The minimum absolute atomic E-state index is 0.0426. The highest BCUT2D eigenvalue weighted by Crippen LogP contribution is 2.18. The first-order chi connectivity index (χ1) is 13.3. The maximum atomic E-state index is 12.5. The fourth-order valence-corrected chi connectivity index (χ4v) is 2.64. The monoisotopic (exact) mass is 379 g/mol. The van der Waals surface area contributed by atoms with Gasteiger partial charge in [0.2, 0.25) is 17.7 Å². The summed E-state index contributed by atoms with van der Waals surface area (Å²) >= 11 is 0. The molecule has 2 aromatic rings. The van der Waals surface area contributed by atoms with Crippen LogP contribution in [0.2, 0.25) is 0 Å². The standard InChI is InChI=1S/C22H25N3O3/c1-5-20(26)23-18-10-7-9-17(12-18)13-22(28)25(4)14-21(27)24-19-11-6-8-15(2)16(19)3/h5-12H,1,13-14H2,2-4H3,(H,23,26)(H,24,27). The largest absolute Gasteiger partial charge is 0.336 e. The second-order valence-corrected chi connectivity index (χ2v) is 6.62. The smallest absolute Gasteiger partial charge is 0.247 e. The summed E-state index contributed by atoms with van der Waals surface area (Å²) in [6, 6.07) is 12.7. The molecule has 0 bridgehead atoms. The van der Waals surface area contributed by atoms with Gasteiger partial charge in [0.15, 0.2) is 0 Å². The molecule has 6 nitrogen and oxygen atoms in total. The molecule has 2 N–H and O–H groups in total. The molecule has 0 fully saturated rings. The predicted octanol–water partition coefficient (Wildman–Crippen LogP) is 3.07. The van der Waals surface area contributed by atoms with Gasteiger partial charge >= 0.3 is 0 Å². The van der Waals surface area contributed by atoms with Crippen molar-refractivity contribution in [1.29, 1.82) is 0 Å². The molecule has 0 aliphatic carbocycles. The maximum Gasteiger partial charge on any atom is 0.247 e. The lowest BCUT2D eigenvalue weighted by molar-refractivity contribution is -0.132. The number of hydrogen-bond donors (Lipinski definition) is 2. The number of anilines is 2. The number of aryl methyl sites for hydroxylation is 1. The fourth-order valence-electron chi connectivity index (χ4n) is 2.64. The van der Waals surface area contributed by atoms with Crippen LogP contribution < -0.4 is 10.6 Å². The van der Waals surface area contributed by atoms with E-state index in [-0.39, 0.29) is 30.7 Å². The Bertz CT molecular complexity index is 906. The zero-order valence-corrected chi connectivity index (χ0v) is 16.4. The highest BCUT2D eigenvalue weighted by molar-refractivity contribution is 5.99. The molecule has 0 aromatic heterocycles. The summed E-state index contributed by atoms with van der Waals surface area (Å²) in [4.78, 5) is 37.5. The lowest BCUT2D eigenvalue weighted by Gasteiger charge is -2.18. The van der Waals surface area contributed by atoms with Crippen LogP contribution in [0.15, 0.2) is 55.1 Å². The van der Waals surface area contributed by atoms with Crippen LogP contribution in [0.5, 0.6) is 0 Å². The molecule has 0 heterocycles. The number of benzene rings is 2. The quantitative estimate of drug-likeness (QED) is 0.726. The molecule has 3 amide bonds. The molecular weight excluding hydrogens is 354 g/mol. The molecule has 6 heteroatoms. The molecule has 146 valence electrons. The van der Waals surface area contributed by atoms with Crippen LogP contribution in [0.25, 0.3) is 0 Å². The van der Waals surface area contributed by atoms with E-state index in [0.717, 1.165) is 22.4 Å². The van der Waals surface area contributed by atoms with Crippen LogP contribution >= 0.6 is 0 Å². The zero-order valence-electron chi connectivity index (χ0n) is 16.4. The predicted molar refractivity (Wildman–Crippen MR) is 111 cm³/mol. The van der Waals surface area contributed by atoms with Gasteiger partial charge in [-0.15, -0.1) is 0 Å². The number of nitrogens with zero attached hydrogens (tertiary/aromatic N) is 1. The Balaban J connectivity index is 1.94. The van der Waals surface area contributed by atoms with E-state index in [0.29, 0.717) is 5.69 Å². The maximum absolute atomic E-state index is 12.5. The number of nitrogens with one attached hydrogen (secondary N) is 2. The Labute approximate surface area is 165 Å². The van der Waals surface area contributed by atoms with Gasteiger partial charge in [0.05, 0.1) is 13.0 Å². The Morgan fingerprint density at radius 2 is 1.79 bits per heavy atom.